The Hall–Kier alpha value is -2.00. The molecule has 130 valence electrons. The van der Waals surface area contributed by atoms with Gasteiger partial charge in [-0.05, 0) is 39.4 Å². The van der Waals surface area contributed by atoms with Crippen LogP contribution in [0.1, 0.15) is 33.9 Å². The van der Waals surface area contributed by atoms with E-state index in [-0.39, 0.29) is 12.3 Å². The third-order valence-electron chi connectivity index (χ3n) is 4.39. The fourth-order valence-electron chi connectivity index (χ4n) is 3.10. The van der Waals surface area contributed by atoms with Gasteiger partial charge in [-0.15, -0.1) is 16.4 Å². The second-order valence-electron chi connectivity index (χ2n) is 6.04. The van der Waals surface area contributed by atoms with Crippen LogP contribution in [0.25, 0.3) is 5.78 Å². The molecule has 1 N–H and O–H groups in total. The van der Waals surface area contributed by atoms with Gasteiger partial charge < -0.3 is 5.32 Å². The molecule has 0 saturated heterocycles. The summed E-state index contributed by atoms with van der Waals surface area (Å²) in [5, 5.41) is 8.72. The molecule has 4 rings (SSSR count). The van der Waals surface area contributed by atoms with Crippen molar-refractivity contribution < 1.29 is 4.79 Å². The highest BCUT2D eigenvalue weighted by Gasteiger charge is 2.19. The molecule has 0 aromatic carbocycles. The molecule has 1 aliphatic rings. The number of hydrogen-bond acceptors (Lipinski definition) is 7. The average molecular weight is 374 g/mol. The van der Waals surface area contributed by atoms with Crippen LogP contribution in [0.3, 0.4) is 0 Å². The molecule has 0 saturated carbocycles. The second kappa shape index (κ2) is 6.38. The van der Waals surface area contributed by atoms with Crippen LogP contribution in [0.4, 0.5) is 5.13 Å². The van der Waals surface area contributed by atoms with E-state index < -0.39 is 0 Å². The molecule has 0 spiro atoms. The van der Waals surface area contributed by atoms with Gasteiger partial charge in [-0.25, -0.2) is 14.5 Å². The first kappa shape index (κ1) is 16.5. The smallest absolute Gasteiger partial charge is 0.253 e. The Balaban J connectivity index is 1.57. The molecule has 0 unspecified atom stereocenters. The number of thioether (sulfide) groups is 1. The number of nitrogens with zero attached hydrogens (tertiary/aromatic N) is 5. The molecule has 7 nitrogen and oxygen atoms in total. The van der Waals surface area contributed by atoms with Gasteiger partial charge in [-0.2, -0.15) is 4.98 Å². The fourth-order valence-corrected chi connectivity index (χ4v) is 4.50. The van der Waals surface area contributed by atoms with Gasteiger partial charge in [0.15, 0.2) is 5.13 Å². The second-order valence-corrected chi connectivity index (χ2v) is 7.90. The number of carbonyl (C=O) groups is 1. The van der Waals surface area contributed by atoms with Gasteiger partial charge >= 0.3 is 0 Å². The predicted molar refractivity (Wildman–Crippen MR) is 98.5 cm³/mol. The number of thiazole rings is 1. The first-order chi connectivity index (χ1) is 12.0. The predicted octanol–water partition coefficient (Wildman–Crippen LogP) is 2.59. The summed E-state index contributed by atoms with van der Waals surface area (Å²) in [4.78, 5) is 27.2. The van der Waals surface area contributed by atoms with Crippen molar-refractivity contribution in [1.82, 2.24) is 24.6 Å². The third kappa shape index (κ3) is 3.02. The van der Waals surface area contributed by atoms with Crippen molar-refractivity contribution in [3.63, 3.8) is 0 Å². The van der Waals surface area contributed by atoms with Gasteiger partial charge in [0.1, 0.15) is 0 Å². The molecule has 3 aromatic rings. The maximum Gasteiger partial charge on any atom is 0.253 e. The van der Waals surface area contributed by atoms with Gasteiger partial charge in [0, 0.05) is 21.8 Å². The van der Waals surface area contributed by atoms with Gasteiger partial charge in [-0.3, -0.25) is 4.79 Å². The number of fused-ring (bicyclic) bond motifs is 2. The number of carbonyl (C=O) groups excluding carboxylic acids is 1. The van der Waals surface area contributed by atoms with E-state index >= 15 is 0 Å². The van der Waals surface area contributed by atoms with Crippen molar-refractivity contribution in [2.45, 2.75) is 44.7 Å². The van der Waals surface area contributed by atoms with E-state index in [2.05, 4.69) is 25.4 Å². The number of nitrogens with one attached hydrogen (secondary N) is 1. The largest absolute Gasteiger partial charge is 0.302 e. The topological polar surface area (TPSA) is 85.1 Å². The Morgan fingerprint density at radius 1 is 1.28 bits per heavy atom. The third-order valence-corrected chi connectivity index (χ3v) is 6.00. The SMILES string of the molecule is CSc1nc2nc(C)c(CC(=O)Nc3nc4c(s3)CCC4)c(C)n2n1. The molecule has 0 bridgehead atoms. The highest BCUT2D eigenvalue weighted by atomic mass is 32.2. The normalized spacial score (nSPS) is 13.4. The lowest BCUT2D eigenvalue weighted by Crippen LogP contribution is -2.17. The van der Waals surface area contributed by atoms with Gasteiger partial charge in [0.2, 0.25) is 11.1 Å². The van der Waals surface area contributed by atoms with Crippen LogP contribution < -0.4 is 5.32 Å². The Bertz CT molecular complexity index is 955. The molecular formula is C16H18N6OS2. The van der Waals surface area contributed by atoms with E-state index in [0.29, 0.717) is 16.1 Å². The van der Waals surface area contributed by atoms with E-state index in [1.54, 1.807) is 15.9 Å². The number of rotatable bonds is 4. The summed E-state index contributed by atoms with van der Waals surface area (Å²) < 4.78 is 1.71. The molecule has 9 heteroatoms. The Labute approximate surface area is 153 Å². The fraction of sp³-hybridized carbons (Fsp3) is 0.438. The molecule has 3 heterocycles. The van der Waals surface area contributed by atoms with E-state index in [1.165, 1.54) is 23.1 Å². The Kier molecular flexibility index (Phi) is 4.20. The van der Waals surface area contributed by atoms with Crippen LogP contribution in [0.5, 0.6) is 0 Å². The zero-order chi connectivity index (χ0) is 17.6. The number of aryl methyl sites for hydroxylation is 4. The van der Waals surface area contributed by atoms with Crippen LogP contribution in [0.15, 0.2) is 5.16 Å². The highest BCUT2D eigenvalue weighted by Crippen LogP contribution is 2.30. The molecule has 0 aliphatic heterocycles. The molecular weight excluding hydrogens is 356 g/mol. The van der Waals surface area contributed by atoms with Crippen LogP contribution in [-0.4, -0.2) is 36.7 Å². The van der Waals surface area contributed by atoms with E-state index in [1.807, 2.05) is 20.1 Å². The molecule has 1 amide bonds. The van der Waals surface area contributed by atoms with Crippen molar-refractivity contribution in [1.29, 1.82) is 0 Å². The van der Waals surface area contributed by atoms with Crippen LogP contribution in [0, 0.1) is 13.8 Å². The van der Waals surface area contributed by atoms with Gasteiger partial charge in [0.25, 0.3) is 5.78 Å². The van der Waals surface area contributed by atoms with Crippen molar-refractivity contribution in [2.24, 2.45) is 0 Å². The maximum absolute atomic E-state index is 12.5. The summed E-state index contributed by atoms with van der Waals surface area (Å²) in [5.41, 5.74) is 3.73. The lowest BCUT2D eigenvalue weighted by atomic mass is 10.1. The van der Waals surface area contributed by atoms with E-state index in [9.17, 15) is 4.79 Å². The van der Waals surface area contributed by atoms with Crippen LogP contribution >= 0.6 is 23.1 Å². The molecule has 1 aliphatic carbocycles. The van der Waals surface area contributed by atoms with Crippen molar-refractivity contribution >= 4 is 39.9 Å². The first-order valence-electron chi connectivity index (χ1n) is 8.10. The lowest BCUT2D eigenvalue weighted by molar-refractivity contribution is -0.115. The standard InChI is InChI=1S/C16H18N6OS2/c1-8-10(9(2)22-14(17-8)20-16(21-22)24-3)7-13(23)19-15-18-11-5-4-6-12(11)25-15/h4-7H2,1-3H3,(H,18,19,23). The lowest BCUT2D eigenvalue weighted by Gasteiger charge is -2.09. The highest BCUT2D eigenvalue weighted by molar-refractivity contribution is 7.98. The summed E-state index contributed by atoms with van der Waals surface area (Å²) >= 11 is 3.06. The number of anilines is 1. The Morgan fingerprint density at radius 3 is 2.88 bits per heavy atom. The van der Waals surface area contributed by atoms with Gasteiger partial charge in [-0.1, -0.05) is 11.8 Å². The monoisotopic (exact) mass is 374 g/mol. The number of hydrogen-bond donors (Lipinski definition) is 1. The summed E-state index contributed by atoms with van der Waals surface area (Å²) in [6.07, 6.45) is 5.44. The number of amides is 1. The molecule has 3 aromatic heterocycles. The number of aromatic nitrogens is 5. The van der Waals surface area contributed by atoms with E-state index in [4.69, 9.17) is 0 Å². The first-order valence-corrected chi connectivity index (χ1v) is 10.1. The van der Waals surface area contributed by atoms with Crippen molar-refractivity contribution in [3.8, 4) is 0 Å². The minimum atomic E-state index is -0.0787. The average Bonchev–Trinajstić information content (AvgIpc) is 3.25. The molecule has 0 fully saturated rings. The van der Waals surface area contributed by atoms with Crippen molar-refractivity contribution in [2.75, 3.05) is 11.6 Å². The molecule has 25 heavy (non-hydrogen) atoms. The van der Waals surface area contributed by atoms with Crippen LogP contribution in [-0.2, 0) is 24.1 Å². The van der Waals surface area contributed by atoms with Crippen molar-refractivity contribution in [3.05, 3.63) is 27.5 Å². The maximum atomic E-state index is 12.5. The van der Waals surface area contributed by atoms with Crippen LogP contribution in [0.2, 0.25) is 0 Å². The van der Waals surface area contributed by atoms with E-state index in [0.717, 1.165) is 35.5 Å². The summed E-state index contributed by atoms with van der Waals surface area (Å²) in [6, 6.07) is 0. The summed E-state index contributed by atoms with van der Waals surface area (Å²) in [7, 11) is 0. The minimum Gasteiger partial charge on any atom is -0.302 e. The zero-order valence-electron chi connectivity index (χ0n) is 14.3. The molecule has 0 radical (unpaired) electrons. The Morgan fingerprint density at radius 2 is 2.12 bits per heavy atom. The van der Waals surface area contributed by atoms with Gasteiger partial charge in [0.05, 0.1) is 12.1 Å². The quantitative estimate of drug-likeness (QED) is 0.707. The summed E-state index contributed by atoms with van der Waals surface area (Å²) in [6.45, 7) is 3.85. The molecule has 0 atom stereocenters. The summed E-state index contributed by atoms with van der Waals surface area (Å²) in [5.74, 6) is 0.491. The minimum absolute atomic E-state index is 0.0787. The zero-order valence-corrected chi connectivity index (χ0v) is 15.9.